The zero-order valence-electron chi connectivity index (χ0n) is 12.0. The minimum absolute atomic E-state index is 0.0372. The first-order valence-electron chi connectivity index (χ1n) is 6.54. The number of carbonyl (C=O) groups excluding carboxylic acids is 1. The minimum Gasteiger partial charge on any atom is -0.497 e. The highest BCUT2D eigenvalue weighted by Gasteiger charge is 2.12. The highest BCUT2D eigenvalue weighted by Crippen LogP contribution is 2.24. The Morgan fingerprint density at radius 1 is 0.900 bits per heavy atom. The molecule has 0 aliphatic rings. The third-order valence-electron chi connectivity index (χ3n) is 3.24. The zero-order valence-corrected chi connectivity index (χ0v) is 12.0. The molecule has 20 heavy (non-hydrogen) atoms. The molecule has 0 saturated heterocycles. The largest absolute Gasteiger partial charge is 0.497 e. The number of hydrogen-bond donors (Lipinski definition) is 0. The molecule has 0 fully saturated rings. The molecule has 0 N–H and O–H groups in total. The lowest BCUT2D eigenvalue weighted by atomic mass is 10.0. The summed E-state index contributed by atoms with van der Waals surface area (Å²) in [5.74, 6) is 1.18. The normalized spacial score (nSPS) is 10.2. The molecule has 0 aliphatic heterocycles. The number of aryl methyl sites for hydroxylation is 1. The van der Waals surface area contributed by atoms with Crippen LogP contribution in [0.3, 0.4) is 0 Å². The quantitative estimate of drug-likeness (QED) is 0.780. The number of ketones is 1. The number of carbonyl (C=O) groups is 1. The highest BCUT2D eigenvalue weighted by atomic mass is 16.5. The summed E-state index contributed by atoms with van der Waals surface area (Å²) in [4.78, 5) is 12.5. The molecule has 0 saturated carbocycles. The summed E-state index contributed by atoms with van der Waals surface area (Å²) in [5, 5.41) is 0. The van der Waals surface area contributed by atoms with Gasteiger partial charge in [-0.25, -0.2) is 0 Å². The van der Waals surface area contributed by atoms with Crippen LogP contribution in [-0.4, -0.2) is 20.0 Å². The van der Waals surface area contributed by atoms with E-state index in [4.69, 9.17) is 9.47 Å². The molecule has 0 bridgehead atoms. The third-order valence-corrected chi connectivity index (χ3v) is 3.24. The van der Waals surface area contributed by atoms with Gasteiger partial charge in [-0.05, 0) is 24.1 Å². The lowest BCUT2D eigenvalue weighted by Crippen LogP contribution is -2.02. The maximum atomic E-state index is 12.5. The summed E-state index contributed by atoms with van der Waals surface area (Å²) in [6.45, 7) is 2.09. The van der Waals surface area contributed by atoms with E-state index in [0.29, 0.717) is 22.6 Å². The lowest BCUT2D eigenvalue weighted by molar-refractivity contribution is 0.103. The van der Waals surface area contributed by atoms with Crippen molar-refractivity contribution < 1.29 is 14.3 Å². The molecule has 0 aliphatic carbocycles. The Morgan fingerprint density at radius 2 is 1.45 bits per heavy atom. The molecule has 0 atom stereocenters. The van der Waals surface area contributed by atoms with Gasteiger partial charge in [0, 0.05) is 17.2 Å². The Labute approximate surface area is 119 Å². The van der Waals surface area contributed by atoms with Crippen LogP contribution in [0.5, 0.6) is 11.5 Å². The number of rotatable bonds is 5. The average molecular weight is 270 g/mol. The molecular weight excluding hydrogens is 252 g/mol. The van der Waals surface area contributed by atoms with Crippen molar-refractivity contribution in [3.8, 4) is 11.5 Å². The molecule has 0 heterocycles. The van der Waals surface area contributed by atoms with Crippen LogP contribution in [0.15, 0.2) is 42.5 Å². The number of ether oxygens (including phenoxy) is 2. The predicted molar refractivity (Wildman–Crippen MR) is 78.8 cm³/mol. The van der Waals surface area contributed by atoms with Gasteiger partial charge in [0.2, 0.25) is 0 Å². The maximum absolute atomic E-state index is 12.5. The van der Waals surface area contributed by atoms with Gasteiger partial charge >= 0.3 is 0 Å². The smallest absolute Gasteiger partial charge is 0.193 e. The lowest BCUT2D eigenvalue weighted by Gasteiger charge is -2.08. The summed E-state index contributed by atoms with van der Waals surface area (Å²) in [5.41, 5.74) is 2.44. The van der Waals surface area contributed by atoms with Crippen LogP contribution >= 0.6 is 0 Å². The topological polar surface area (TPSA) is 35.5 Å². The standard InChI is InChI=1S/C17H18O3/c1-4-12-5-7-13(8-6-12)17(18)14-9-15(19-2)11-16(10-14)20-3/h5-11H,4H2,1-3H3. The van der Waals surface area contributed by atoms with E-state index in [1.165, 1.54) is 5.56 Å². The second-order valence-corrected chi connectivity index (χ2v) is 4.48. The first kappa shape index (κ1) is 14.1. The SMILES string of the molecule is CCc1ccc(C(=O)c2cc(OC)cc(OC)c2)cc1. The molecular formula is C17H18O3. The van der Waals surface area contributed by atoms with Gasteiger partial charge < -0.3 is 9.47 Å². The Bertz CT molecular complexity index is 578. The fourth-order valence-electron chi connectivity index (χ4n) is 2.00. The van der Waals surface area contributed by atoms with E-state index in [1.807, 2.05) is 24.3 Å². The number of benzene rings is 2. The van der Waals surface area contributed by atoms with Crippen LogP contribution < -0.4 is 9.47 Å². The molecule has 104 valence electrons. The van der Waals surface area contributed by atoms with Gasteiger partial charge in [0.15, 0.2) is 5.78 Å². The van der Waals surface area contributed by atoms with Crippen molar-refractivity contribution in [3.63, 3.8) is 0 Å². The Balaban J connectivity index is 2.36. The van der Waals surface area contributed by atoms with E-state index in [0.717, 1.165) is 6.42 Å². The molecule has 2 aromatic rings. The Hall–Kier alpha value is -2.29. The predicted octanol–water partition coefficient (Wildman–Crippen LogP) is 3.50. The van der Waals surface area contributed by atoms with Crippen molar-refractivity contribution in [2.45, 2.75) is 13.3 Å². The molecule has 0 spiro atoms. The molecule has 0 radical (unpaired) electrons. The molecule has 0 amide bonds. The van der Waals surface area contributed by atoms with Crippen molar-refractivity contribution in [2.75, 3.05) is 14.2 Å². The van der Waals surface area contributed by atoms with E-state index in [2.05, 4.69) is 6.92 Å². The van der Waals surface area contributed by atoms with Gasteiger partial charge in [0.05, 0.1) is 14.2 Å². The monoisotopic (exact) mass is 270 g/mol. The zero-order chi connectivity index (χ0) is 14.5. The fourth-order valence-corrected chi connectivity index (χ4v) is 2.00. The van der Waals surface area contributed by atoms with Gasteiger partial charge in [0.1, 0.15) is 11.5 Å². The Kier molecular flexibility index (Phi) is 4.41. The van der Waals surface area contributed by atoms with Crippen LogP contribution in [0.1, 0.15) is 28.4 Å². The van der Waals surface area contributed by atoms with Gasteiger partial charge in [0.25, 0.3) is 0 Å². The van der Waals surface area contributed by atoms with Gasteiger partial charge in [-0.1, -0.05) is 31.2 Å². The third kappa shape index (κ3) is 2.99. The second-order valence-electron chi connectivity index (χ2n) is 4.48. The summed E-state index contributed by atoms with van der Waals surface area (Å²) in [6, 6.07) is 12.9. The fraction of sp³-hybridized carbons (Fsp3) is 0.235. The molecule has 2 aromatic carbocycles. The minimum atomic E-state index is -0.0372. The average Bonchev–Trinajstić information content (AvgIpc) is 2.53. The van der Waals surface area contributed by atoms with E-state index < -0.39 is 0 Å². The molecule has 3 nitrogen and oxygen atoms in total. The van der Waals surface area contributed by atoms with Gasteiger partial charge in [-0.15, -0.1) is 0 Å². The highest BCUT2D eigenvalue weighted by molar-refractivity contribution is 6.09. The number of hydrogen-bond acceptors (Lipinski definition) is 3. The molecule has 3 heteroatoms. The van der Waals surface area contributed by atoms with Crippen LogP contribution in [-0.2, 0) is 6.42 Å². The van der Waals surface area contributed by atoms with Gasteiger partial charge in [-0.3, -0.25) is 4.79 Å². The number of methoxy groups -OCH3 is 2. The van der Waals surface area contributed by atoms with E-state index in [1.54, 1.807) is 32.4 Å². The summed E-state index contributed by atoms with van der Waals surface area (Å²) < 4.78 is 10.4. The summed E-state index contributed by atoms with van der Waals surface area (Å²) >= 11 is 0. The molecule has 0 unspecified atom stereocenters. The van der Waals surface area contributed by atoms with Crippen molar-refractivity contribution in [3.05, 3.63) is 59.2 Å². The van der Waals surface area contributed by atoms with E-state index in [9.17, 15) is 4.79 Å². The second kappa shape index (κ2) is 6.24. The van der Waals surface area contributed by atoms with Crippen LogP contribution in [0.4, 0.5) is 0 Å². The molecule has 0 aromatic heterocycles. The summed E-state index contributed by atoms with van der Waals surface area (Å²) in [7, 11) is 3.14. The van der Waals surface area contributed by atoms with E-state index in [-0.39, 0.29) is 5.78 Å². The van der Waals surface area contributed by atoms with Crippen LogP contribution in [0.25, 0.3) is 0 Å². The summed E-state index contributed by atoms with van der Waals surface area (Å²) in [6.07, 6.45) is 0.960. The first-order chi connectivity index (χ1) is 9.67. The van der Waals surface area contributed by atoms with Crippen LogP contribution in [0, 0.1) is 0 Å². The van der Waals surface area contributed by atoms with E-state index >= 15 is 0 Å². The first-order valence-corrected chi connectivity index (χ1v) is 6.54. The maximum Gasteiger partial charge on any atom is 0.193 e. The Morgan fingerprint density at radius 3 is 1.90 bits per heavy atom. The van der Waals surface area contributed by atoms with Crippen molar-refractivity contribution >= 4 is 5.78 Å². The van der Waals surface area contributed by atoms with Crippen molar-refractivity contribution in [2.24, 2.45) is 0 Å². The molecule has 2 rings (SSSR count). The van der Waals surface area contributed by atoms with Gasteiger partial charge in [-0.2, -0.15) is 0 Å². The van der Waals surface area contributed by atoms with Crippen LogP contribution in [0.2, 0.25) is 0 Å². The van der Waals surface area contributed by atoms with Crippen molar-refractivity contribution in [1.29, 1.82) is 0 Å². The van der Waals surface area contributed by atoms with Crippen molar-refractivity contribution in [1.82, 2.24) is 0 Å².